The van der Waals surface area contributed by atoms with Gasteiger partial charge in [0.2, 0.25) is 0 Å². The fourth-order valence-electron chi connectivity index (χ4n) is 2.62. The summed E-state index contributed by atoms with van der Waals surface area (Å²) in [5.41, 5.74) is 2.67. The standard InChI is InChI=1S/C21H27F2N3O3/c1-15-8-9-17(19(12-15)28-11-10-27-3)14-26-21(24-2)25-13-16-6-4-5-7-18(16)29-20(22)23/h4-9,12,20H,10-11,13-14H2,1-3H3,(H2,24,25,26). The Bertz CT molecular complexity index is 800. The molecule has 0 aliphatic rings. The number of ether oxygens (including phenoxy) is 3. The van der Waals surface area contributed by atoms with Crippen LogP contribution in [-0.2, 0) is 17.8 Å². The van der Waals surface area contributed by atoms with Crippen molar-refractivity contribution in [2.75, 3.05) is 27.4 Å². The SMILES string of the molecule is CN=C(NCc1ccc(C)cc1OCCOC)NCc1ccccc1OC(F)F. The van der Waals surface area contributed by atoms with Crippen LogP contribution in [0.1, 0.15) is 16.7 Å². The van der Waals surface area contributed by atoms with Crippen LogP contribution in [0, 0.1) is 6.92 Å². The number of guanidine groups is 1. The van der Waals surface area contributed by atoms with Crippen molar-refractivity contribution < 1.29 is 23.0 Å². The van der Waals surface area contributed by atoms with Gasteiger partial charge in [0.05, 0.1) is 6.61 Å². The summed E-state index contributed by atoms with van der Waals surface area (Å²) < 4.78 is 40.5. The molecule has 158 valence electrons. The van der Waals surface area contributed by atoms with Crippen LogP contribution in [0.2, 0.25) is 0 Å². The Kier molecular flexibility index (Phi) is 9.17. The molecule has 0 spiro atoms. The molecule has 0 aliphatic carbocycles. The molecule has 6 nitrogen and oxygen atoms in total. The number of hydrogen-bond acceptors (Lipinski definition) is 4. The second-order valence-corrected chi connectivity index (χ2v) is 6.22. The first-order valence-corrected chi connectivity index (χ1v) is 9.22. The molecule has 0 bridgehead atoms. The lowest BCUT2D eigenvalue weighted by atomic mass is 10.1. The zero-order valence-corrected chi connectivity index (χ0v) is 16.9. The Balaban J connectivity index is 1.96. The largest absolute Gasteiger partial charge is 0.491 e. The number of halogens is 2. The van der Waals surface area contributed by atoms with Crippen molar-refractivity contribution in [3.8, 4) is 11.5 Å². The van der Waals surface area contributed by atoms with Gasteiger partial charge in [-0.15, -0.1) is 0 Å². The molecule has 0 saturated heterocycles. The van der Waals surface area contributed by atoms with E-state index in [0.29, 0.717) is 31.3 Å². The average Bonchev–Trinajstić information content (AvgIpc) is 2.70. The number of para-hydroxylation sites is 1. The number of alkyl halides is 2. The molecule has 0 aliphatic heterocycles. The normalized spacial score (nSPS) is 11.4. The van der Waals surface area contributed by atoms with Gasteiger partial charge in [0.1, 0.15) is 18.1 Å². The zero-order chi connectivity index (χ0) is 21.1. The van der Waals surface area contributed by atoms with Crippen LogP contribution in [0.25, 0.3) is 0 Å². The fourth-order valence-corrected chi connectivity index (χ4v) is 2.62. The van der Waals surface area contributed by atoms with E-state index in [4.69, 9.17) is 9.47 Å². The smallest absolute Gasteiger partial charge is 0.387 e. The molecule has 8 heteroatoms. The molecule has 29 heavy (non-hydrogen) atoms. The minimum atomic E-state index is -2.87. The van der Waals surface area contributed by atoms with E-state index >= 15 is 0 Å². The maximum atomic E-state index is 12.6. The molecule has 2 aromatic carbocycles. The maximum Gasteiger partial charge on any atom is 0.387 e. The molecule has 2 rings (SSSR count). The lowest BCUT2D eigenvalue weighted by Gasteiger charge is -2.16. The van der Waals surface area contributed by atoms with Crippen molar-refractivity contribution in [3.63, 3.8) is 0 Å². The summed E-state index contributed by atoms with van der Waals surface area (Å²) in [6.45, 7) is 0.863. The van der Waals surface area contributed by atoms with Crippen molar-refractivity contribution in [3.05, 3.63) is 59.2 Å². The molecule has 2 aromatic rings. The Morgan fingerprint density at radius 3 is 2.34 bits per heavy atom. The van der Waals surface area contributed by atoms with Crippen LogP contribution in [0.3, 0.4) is 0 Å². The third-order valence-electron chi connectivity index (χ3n) is 4.07. The molecule has 0 aromatic heterocycles. The van der Waals surface area contributed by atoms with Crippen molar-refractivity contribution in [1.29, 1.82) is 0 Å². The van der Waals surface area contributed by atoms with Gasteiger partial charge in [-0.05, 0) is 24.6 Å². The number of aryl methyl sites for hydroxylation is 1. The number of benzene rings is 2. The van der Waals surface area contributed by atoms with Crippen molar-refractivity contribution in [2.24, 2.45) is 4.99 Å². The van der Waals surface area contributed by atoms with Gasteiger partial charge < -0.3 is 24.8 Å². The number of aliphatic imine (C=N–C) groups is 1. The average molecular weight is 407 g/mol. The predicted molar refractivity (Wildman–Crippen MR) is 109 cm³/mol. The number of rotatable bonds is 10. The third kappa shape index (κ3) is 7.57. The second-order valence-electron chi connectivity index (χ2n) is 6.22. The lowest BCUT2D eigenvalue weighted by molar-refractivity contribution is -0.0504. The Morgan fingerprint density at radius 2 is 1.69 bits per heavy atom. The molecular formula is C21H27F2N3O3. The molecular weight excluding hydrogens is 380 g/mol. The van der Waals surface area contributed by atoms with E-state index in [0.717, 1.165) is 16.9 Å². The van der Waals surface area contributed by atoms with Gasteiger partial charge in [0, 0.05) is 38.4 Å². The van der Waals surface area contributed by atoms with E-state index in [1.807, 2.05) is 25.1 Å². The van der Waals surface area contributed by atoms with Crippen molar-refractivity contribution >= 4 is 5.96 Å². The topological polar surface area (TPSA) is 64.1 Å². The summed E-state index contributed by atoms with van der Waals surface area (Å²) in [7, 11) is 3.27. The van der Waals surface area contributed by atoms with E-state index < -0.39 is 6.61 Å². The molecule has 0 amide bonds. The van der Waals surface area contributed by atoms with Gasteiger partial charge in [-0.1, -0.05) is 30.3 Å². The quantitative estimate of drug-likeness (QED) is 0.359. The minimum absolute atomic E-state index is 0.137. The minimum Gasteiger partial charge on any atom is -0.491 e. The fraction of sp³-hybridized carbons (Fsp3) is 0.381. The summed E-state index contributed by atoms with van der Waals surface area (Å²) in [5.74, 6) is 1.44. The highest BCUT2D eigenvalue weighted by atomic mass is 19.3. The number of nitrogens with zero attached hydrogens (tertiary/aromatic N) is 1. The zero-order valence-electron chi connectivity index (χ0n) is 16.9. The molecule has 0 fully saturated rings. The summed E-state index contributed by atoms with van der Waals surface area (Å²) >= 11 is 0. The summed E-state index contributed by atoms with van der Waals surface area (Å²) in [5, 5.41) is 6.31. The van der Waals surface area contributed by atoms with Crippen LogP contribution in [-0.4, -0.2) is 39.9 Å². The molecule has 0 atom stereocenters. The highest BCUT2D eigenvalue weighted by Crippen LogP contribution is 2.21. The maximum absolute atomic E-state index is 12.6. The van der Waals surface area contributed by atoms with Gasteiger partial charge in [-0.2, -0.15) is 8.78 Å². The number of nitrogens with one attached hydrogen (secondary N) is 2. The highest BCUT2D eigenvalue weighted by Gasteiger charge is 2.10. The molecule has 0 unspecified atom stereocenters. The Morgan fingerprint density at radius 1 is 1.00 bits per heavy atom. The third-order valence-corrected chi connectivity index (χ3v) is 4.07. The lowest BCUT2D eigenvalue weighted by Crippen LogP contribution is -2.36. The molecule has 2 N–H and O–H groups in total. The van der Waals surface area contributed by atoms with Crippen LogP contribution in [0.15, 0.2) is 47.5 Å². The predicted octanol–water partition coefficient (Wildman–Crippen LogP) is 3.49. The summed E-state index contributed by atoms with van der Waals surface area (Å²) in [4.78, 5) is 4.18. The van der Waals surface area contributed by atoms with Gasteiger partial charge in [-0.25, -0.2) is 0 Å². The van der Waals surface area contributed by atoms with Crippen LogP contribution in [0.5, 0.6) is 11.5 Å². The van der Waals surface area contributed by atoms with E-state index in [2.05, 4.69) is 20.4 Å². The summed E-state index contributed by atoms with van der Waals surface area (Å²) in [6, 6.07) is 12.6. The first kappa shape index (κ1) is 22.4. The Labute approximate surface area is 169 Å². The van der Waals surface area contributed by atoms with Crippen LogP contribution in [0.4, 0.5) is 8.78 Å². The van der Waals surface area contributed by atoms with Gasteiger partial charge >= 0.3 is 6.61 Å². The second kappa shape index (κ2) is 11.9. The van der Waals surface area contributed by atoms with Gasteiger partial charge in [0.25, 0.3) is 0 Å². The van der Waals surface area contributed by atoms with Gasteiger partial charge in [0.15, 0.2) is 5.96 Å². The van der Waals surface area contributed by atoms with Gasteiger partial charge in [-0.3, -0.25) is 4.99 Å². The first-order valence-electron chi connectivity index (χ1n) is 9.22. The van der Waals surface area contributed by atoms with E-state index in [-0.39, 0.29) is 12.3 Å². The molecule has 0 radical (unpaired) electrons. The van der Waals surface area contributed by atoms with Crippen LogP contribution < -0.4 is 20.1 Å². The number of methoxy groups -OCH3 is 1. The van der Waals surface area contributed by atoms with Crippen molar-refractivity contribution in [2.45, 2.75) is 26.6 Å². The van der Waals surface area contributed by atoms with E-state index in [1.165, 1.54) is 6.07 Å². The monoisotopic (exact) mass is 407 g/mol. The molecule has 0 saturated carbocycles. The highest BCUT2D eigenvalue weighted by molar-refractivity contribution is 5.79. The van der Waals surface area contributed by atoms with E-state index in [9.17, 15) is 8.78 Å². The number of hydrogen-bond donors (Lipinski definition) is 2. The van der Waals surface area contributed by atoms with Crippen LogP contribution >= 0.6 is 0 Å². The van der Waals surface area contributed by atoms with Crippen molar-refractivity contribution in [1.82, 2.24) is 10.6 Å². The Hall–Kier alpha value is -2.87. The summed E-state index contributed by atoms with van der Waals surface area (Å²) in [6.07, 6.45) is 0. The first-order chi connectivity index (χ1) is 14.0. The molecule has 0 heterocycles. The van der Waals surface area contributed by atoms with E-state index in [1.54, 1.807) is 32.4 Å².